The fourth-order valence-corrected chi connectivity index (χ4v) is 10.6. The second kappa shape index (κ2) is 13.7. The van der Waals surface area contributed by atoms with Crippen LogP contribution in [-0.4, -0.2) is 26.2 Å². The highest BCUT2D eigenvalue weighted by Gasteiger charge is 2.35. The Bertz CT molecular complexity index is 2850. The largest absolute Gasteiger partial charge is 0.372 e. The van der Waals surface area contributed by atoms with Gasteiger partial charge in [-0.05, 0) is 169 Å². The molecule has 2 fully saturated rings. The van der Waals surface area contributed by atoms with Crippen molar-refractivity contribution in [2.75, 3.05) is 36.0 Å². The first-order valence-electron chi connectivity index (χ1n) is 21.4. The summed E-state index contributed by atoms with van der Waals surface area (Å²) in [5.74, 6) is 0. The van der Waals surface area contributed by atoms with Gasteiger partial charge in [-0.3, -0.25) is 0 Å². The molecule has 8 aromatic carbocycles. The molecular formula is C55H50N2. The van der Waals surface area contributed by atoms with Crippen LogP contribution in [0.2, 0.25) is 0 Å². The number of anilines is 2. The van der Waals surface area contributed by atoms with E-state index in [1.165, 1.54) is 138 Å². The van der Waals surface area contributed by atoms with Crippen molar-refractivity contribution >= 4 is 43.7 Å². The van der Waals surface area contributed by atoms with Gasteiger partial charge in [0.25, 0.3) is 0 Å². The summed E-state index contributed by atoms with van der Waals surface area (Å²) in [4.78, 5) is 5.25. The number of nitrogens with zero attached hydrogens (tertiary/aromatic N) is 2. The van der Waals surface area contributed by atoms with Crippen LogP contribution in [-0.2, 0) is 5.41 Å². The molecule has 0 saturated carbocycles. The van der Waals surface area contributed by atoms with Crippen LogP contribution in [0.3, 0.4) is 0 Å². The number of hydrogen-bond acceptors (Lipinski definition) is 2. The molecule has 2 heteroatoms. The molecule has 0 unspecified atom stereocenters. The molecule has 2 heterocycles. The topological polar surface area (TPSA) is 6.48 Å². The van der Waals surface area contributed by atoms with Crippen LogP contribution in [0, 0.1) is 0 Å². The minimum Gasteiger partial charge on any atom is -0.372 e. The van der Waals surface area contributed by atoms with Crippen LogP contribution < -0.4 is 9.80 Å². The fraction of sp³-hybridized carbons (Fsp3) is 0.236. The highest BCUT2D eigenvalue weighted by molar-refractivity contribution is 6.22. The summed E-state index contributed by atoms with van der Waals surface area (Å²) in [6.45, 7) is 9.31. The van der Waals surface area contributed by atoms with E-state index in [9.17, 15) is 0 Å². The van der Waals surface area contributed by atoms with Gasteiger partial charge < -0.3 is 9.80 Å². The highest BCUT2D eigenvalue weighted by atomic mass is 15.1. The second-order valence-electron chi connectivity index (χ2n) is 17.4. The first kappa shape index (κ1) is 34.4. The molecule has 0 amide bonds. The van der Waals surface area contributed by atoms with E-state index < -0.39 is 0 Å². The van der Waals surface area contributed by atoms with E-state index in [1.54, 1.807) is 0 Å². The van der Waals surface area contributed by atoms with Gasteiger partial charge in [0, 0.05) is 43.0 Å². The molecule has 0 radical (unpaired) electrons. The van der Waals surface area contributed by atoms with Gasteiger partial charge in [-0.15, -0.1) is 0 Å². The normalized spacial score (nSPS) is 16.3. The van der Waals surface area contributed by atoms with Crippen molar-refractivity contribution < 1.29 is 0 Å². The lowest BCUT2D eigenvalue weighted by atomic mass is 9.80. The van der Waals surface area contributed by atoms with Gasteiger partial charge in [-0.25, -0.2) is 0 Å². The molecule has 1 aliphatic carbocycles. The van der Waals surface area contributed by atoms with Crippen molar-refractivity contribution in [2.24, 2.45) is 0 Å². The SMILES string of the molecule is CC1(C)c2ccccc2-c2ccc(-c3c4ccc(N5CCCCC5)cc4c(-c4cccc(-c5ccc6ccccc6c5)c4)c4ccc(N5CCCCC5)cc34)cc21. The molecule has 2 saturated heterocycles. The van der Waals surface area contributed by atoms with Crippen molar-refractivity contribution in [1.29, 1.82) is 0 Å². The van der Waals surface area contributed by atoms with Crippen LogP contribution in [0.25, 0.3) is 76.8 Å². The number of rotatable bonds is 5. The molecule has 3 aliphatic rings. The number of benzene rings is 8. The van der Waals surface area contributed by atoms with Crippen LogP contribution in [0.5, 0.6) is 0 Å². The van der Waals surface area contributed by atoms with Gasteiger partial charge in [0.05, 0.1) is 0 Å². The van der Waals surface area contributed by atoms with Crippen molar-refractivity contribution in [3.8, 4) is 44.5 Å². The summed E-state index contributed by atoms with van der Waals surface area (Å²) in [6.07, 6.45) is 7.68. The maximum absolute atomic E-state index is 2.62. The van der Waals surface area contributed by atoms with E-state index in [0.717, 1.165) is 26.2 Å². The summed E-state index contributed by atoms with van der Waals surface area (Å²) < 4.78 is 0. The molecule has 2 aliphatic heterocycles. The van der Waals surface area contributed by atoms with E-state index >= 15 is 0 Å². The number of fused-ring (bicyclic) bond motifs is 6. The first-order valence-corrected chi connectivity index (χ1v) is 21.4. The van der Waals surface area contributed by atoms with Crippen LogP contribution in [0.15, 0.2) is 146 Å². The zero-order chi connectivity index (χ0) is 38.1. The van der Waals surface area contributed by atoms with E-state index in [1.807, 2.05) is 0 Å². The Morgan fingerprint density at radius 2 is 0.912 bits per heavy atom. The Morgan fingerprint density at radius 3 is 1.60 bits per heavy atom. The number of hydrogen-bond donors (Lipinski definition) is 0. The third-order valence-corrected chi connectivity index (χ3v) is 13.6. The maximum atomic E-state index is 2.62. The molecular weight excluding hydrogens is 689 g/mol. The summed E-state index contributed by atoms with van der Waals surface area (Å²) in [6, 6.07) is 56.1. The summed E-state index contributed by atoms with van der Waals surface area (Å²) in [7, 11) is 0. The minimum absolute atomic E-state index is 0.0723. The molecule has 57 heavy (non-hydrogen) atoms. The van der Waals surface area contributed by atoms with Gasteiger partial charge in [0.1, 0.15) is 0 Å². The van der Waals surface area contributed by atoms with Crippen LogP contribution >= 0.6 is 0 Å². The predicted octanol–water partition coefficient (Wildman–Crippen LogP) is 14.4. The Morgan fingerprint density at radius 1 is 0.368 bits per heavy atom. The fourth-order valence-electron chi connectivity index (χ4n) is 10.6. The maximum Gasteiger partial charge on any atom is 0.0372 e. The third kappa shape index (κ3) is 5.75. The Labute approximate surface area is 337 Å². The molecule has 11 rings (SSSR count). The Hall–Kier alpha value is -5.86. The van der Waals surface area contributed by atoms with Gasteiger partial charge >= 0.3 is 0 Å². The van der Waals surface area contributed by atoms with E-state index in [0.29, 0.717) is 0 Å². The molecule has 0 aromatic heterocycles. The van der Waals surface area contributed by atoms with E-state index in [2.05, 4.69) is 169 Å². The smallest absolute Gasteiger partial charge is 0.0372 e. The average Bonchev–Trinajstić information content (AvgIpc) is 3.50. The average molecular weight is 739 g/mol. The molecule has 0 N–H and O–H groups in total. The molecule has 2 nitrogen and oxygen atoms in total. The lowest BCUT2D eigenvalue weighted by Crippen LogP contribution is -2.29. The third-order valence-electron chi connectivity index (χ3n) is 13.6. The molecule has 0 spiro atoms. The molecule has 0 bridgehead atoms. The summed E-state index contributed by atoms with van der Waals surface area (Å²) >= 11 is 0. The summed E-state index contributed by atoms with van der Waals surface area (Å²) in [5.41, 5.74) is 16.0. The molecule has 280 valence electrons. The van der Waals surface area contributed by atoms with Crippen molar-refractivity contribution in [2.45, 2.75) is 57.8 Å². The lowest BCUT2D eigenvalue weighted by molar-refractivity contribution is 0.578. The van der Waals surface area contributed by atoms with Gasteiger partial charge in [0.15, 0.2) is 0 Å². The second-order valence-corrected chi connectivity index (χ2v) is 17.4. The lowest BCUT2D eigenvalue weighted by Gasteiger charge is -2.30. The molecule has 0 atom stereocenters. The standard InChI is InChI=1S/C55H50N2/c1-55(2)51-19-8-7-18-45(51)46-25-22-42(34-52(46)55)54-48-27-24-43(56-28-9-3-10-29-56)35-49(48)53(47-26-23-44(36-50(47)54)57-30-11-4-12-31-57)41-17-13-16-39(33-41)40-21-20-37-14-5-6-15-38(37)32-40/h5-8,13-27,32-36H,3-4,9-12,28-31H2,1-2H3. The number of piperidine rings is 2. The Kier molecular flexibility index (Phi) is 8.24. The predicted molar refractivity (Wildman–Crippen MR) is 245 cm³/mol. The quantitative estimate of drug-likeness (QED) is 0.162. The van der Waals surface area contributed by atoms with E-state index in [-0.39, 0.29) is 5.41 Å². The zero-order valence-corrected chi connectivity index (χ0v) is 33.3. The van der Waals surface area contributed by atoms with Gasteiger partial charge in [-0.2, -0.15) is 0 Å². The monoisotopic (exact) mass is 738 g/mol. The van der Waals surface area contributed by atoms with Crippen LogP contribution in [0.1, 0.15) is 63.5 Å². The van der Waals surface area contributed by atoms with Crippen molar-refractivity contribution in [3.05, 3.63) is 157 Å². The van der Waals surface area contributed by atoms with Crippen molar-refractivity contribution in [1.82, 2.24) is 0 Å². The van der Waals surface area contributed by atoms with Gasteiger partial charge in [-0.1, -0.05) is 117 Å². The van der Waals surface area contributed by atoms with Crippen molar-refractivity contribution in [3.63, 3.8) is 0 Å². The Balaban J connectivity index is 1.19. The first-order chi connectivity index (χ1) is 28.0. The molecule has 8 aromatic rings. The highest BCUT2D eigenvalue weighted by Crippen LogP contribution is 2.52. The van der Waals surface area contributed by atoms with Crippen LogP contribution in [0.4, 0.5) is 11.4 Å². The summed E-state index contributed by atoms with van der Waals surface area (Å²) in [5, 5.41) is 7.89. The van der Waals surface area contributed by atoms with E-state index in [4.69, 9.17) is 0 Å². The minimum atomic E-state index is -0.0723. The zero-order valence-electron chi connectivity index (χ0n) is 33.3. The van der Waals surface area contributed by atoms with Gasteiger partial charge in [0.2, 0.25) is 0 Å².